The number of carbonyl (C=O) groups excluding carboxylic acids is 7. The first-order valence-electron chi connectivity index (χ1n) is 14.0. The van der Waals surface area contributed by atoms with E-state index < -0.39 is 115 Å². The molecule has 0 saturated heterocycles. The Morgan fingerprint density at radius 1 is 0.489 bits per heavy atom. The van der Waals surface area contributed by atoms with Crippen molar-refractivity contribution in [1.82, 2.24) is 31.9 Å². The maximum Gasteiger partial charge on any atom is 0.303 e. The summed E-state index contributed by atoms with van der Waals surface area (Å²) in [6, 6.07) is -7.26. The summed E-state index contributed by atoms with van der Waals surface area (Å²) < 4.78 is 0. The van der Waals surface area contributed by atoms with Gasteiger partial charge in [0.1, 0.15) is 36.0 Å². The van der Waals surface area contributed by atoms with E-state index in [0.29, 0.717) is 0 Å². The molecule has 0 aliphatic heterocycles. The van der Waals surface area contributed by atoms with Gasteiger partial charge in [-0.3, -0.25) is 47.9 Å². The second-order valence-electron chi connectivity index (χ2n) is 10.1. The summed E-state index contributed by atoms with van der Waals surface area (Å²) in [5.74, 6) is -10.5. The molecule has 0 rings (SSSR count). The quantitative estimate of drug-likeness (QED) is 0.0462. The third-order valence-corrected chi connectivity index (χ3v) is 6.77. The fourth-order valence-corrected chi connectivity index (χ4v) is 4.18. The molecule has 0 saturated carbocycles. The van der Waals surface area contributed by atoms with Crippen molar-refractivity contribution in [2.75, 3.05) is 18.1 Å². The van der Waals surface area contributed by atoms with Crippen molar-refractivity contribution in [3.05, 3.63) is 0 Å². The first-order valence-corrected chi connectivity index (χ1v) is 15.3. The van der Waals surface area contributed by atoms with Crippen LogP contribution in [0.5, 0.6) is 0 Å². The Morgan fingerprint density at radius 2 is 0.787 bits per heavy atom. The number of Topliss-reactive ketones (excluding diaryl/α,β-unsaturated/α-hetero) is 1. The van der Waals surface area contributed by atoms with Crippen LogP contribution in [0, 0.1) is 0 Å². The number of thiol groups is 2. The summed E-state index contributed by atoms with van der Waals surface area (Å²) in [7, 11) is 0. The number of amides is 6. The molecule has 0 unspecified atom stereocenters. The van der Waals surface area contributed by atoms with Crippen LogP contribution in [0.25, 0.3) is 0 Å². The van der Waals surface area contributed by atoms with Crippen LogP contribution in [-0.2, 0) is 47.9 Å². The van der Waals surface area contributed by atoms with Gasteiger partial charge in [-0.25, -0.2) is 0 Å². The van der Waals surface area contributed by atoms with Crippen LogP contribution >= 0.6 is 25.3 Å². The summed E-state index contributed by atoms with van der Waals surface area (Å²) in [6.45, 7) is 1.89. The zero-order valence-electron chi connectivity index (χ0n) is 25.6. The van der Waals surface area contributed by atoms with Crippen molar-refractivity contribution in [3.8, 4) is 0 Å². The van der Waals surface area contributed by atoms with Crippen LogP contribution in [0.3, 0.4) is 0 Å². The predicted octanol–water partition coefficient (Wildman–Crippen LogP) is -3.41. The van der Waals surface area contributed by atoms with Gasteiger partial charge in [-0.05, 0) is 26.2 Å². The van der Waals surface area contributed by atoms with Gasteiger partial charge in [-0.15, -0.1) is 0 Å². The van der Waals surface area contributed by atoms with Crippen LogP contribution < -0.4 is 31.9 Å². The average molecular weight is 709 g/mol. The third kappa shape index (κ3) is 18.4. The molecule has 6 amide bonds. The average Bonchev–Trinajstić information content (AvgIpc) is 2.98. The molecule has 0 spiro atoms. The minimum Gasteiger partial charge on any atom is -0.481 e. The highest BCUT2D eigenvalue weighted by Gasteiger charge is 2.32. The molecule has 21 heteroatoms. The number of carbonyl (C=O) groups is 10. The Hall–Kier alpha value is -4.40. The summed E-state index contributed by atoms with van der Waals surface area (Å²) in [5, 5.41) is 40.7. The molecule has 0 aromatic carbocycles. The number of hydrogen-bond acceptors (Lipinski definition) is 12. The van der Waals surface area contributed by atoms with Gasteiger partial charge in [0.15, 0.2) is 0 Å². The molecule has 47 heavy (non-hydrogen) atoms. The molecule has 19 nitrogen and oxygen atoms in total. The fraction of sp³-hybridized carbons (Fsp3) is 0.615. The highest BCUT2D eigenvalue weighted by Crippen LogP contribution is 2.05. The Labute approximate surface area is 279 Å². The smallest absolute Gasteiger partial charge is 0.303 e. The van der Waals surface area contributed by atoms with Gasteiger partial charge in [-0.2, -0.15) is 25.3 Å². The van der Waals surface area contributed by atoms with E-state index >= 15 is 0 Å². The molecule has 0 aromatic heterocycles. The Morgan fingerprint density at radius 3 is 1.09 bits per heavy atom. The van der Waals surface area contributed by atoms with E-state index in [1.807, 2.05) is 0 Å². The Bertz CT molecular complexity index is 1200. The van der Waals surface area contributed by atoms with Crippen molar-refractivity contribution in [2.45, 2.75) is 82.6 Å². The Balaban J connectivity index is 5.82. The minimum absolute atomic E-state index is 0.311. The van der Waals surface area contributed by atoms with Crippen molar-refractivity contribution < 1.29 is 63.3 Å². The minimum atomic E-state index is -1.59. The van der Waals surface area contributed by atoms with Gasteiger partial charge in [-0.1, -0.05) is 0 Å². The number of nitrogens with one attached hydrogen (secondary N) is 6. The monoisotopic (exact) mass is 708 g/mol. The number of hydrogen-bond donors (Lipinski definition) is 11. The zero-order valence-corrected chi connectivity index (χ0v) is 27.4. The first kappa shape index (κ1) is 42.6. The number of carboxylic acid groups (broad SMARTS) is 3. The van der Waals surface area contributed by atoms with E-state index in [4.69, 9.17) is 15.3 Å². The molecule has 5 atom stereocenters. The van der Waals surface area contributed by atoms with E-state index in [9.17, 15) is 47.9 Å². The Kier molecular flexibility index (Phi) is 20.1. The normalized spacial score (nSPS) is 13.7. The maximum absolute atomic E-state index is 13.2. The maximum atomic E-state index is 13.2. The first-order chi connectivity index (χ1) is 21.9. The number of rotatable bonds is 23. The highest BCUT2D eigenvalue weighted by molar-refractivity contribution is 7.80. The van der Waals surface area contributed by atoms with E-state index in [-0.39, 0.29) is 30.9 Å². The van der Waals surface area contributed by atoms with Gasteiger partial charge < -0.3 is 47.2 Å². The summed E-state index contributed by atoms with van der Waals surface area (Å²) in [5.41, 5.74) is 0. The van der Waals surface area contributed by atoms with E-state index in [1.165, 1.54) is 6.92 Å². The van der Waals surface area contributed by atoms with E-state index in [2.05, 4.69) is 57.2 Å². The second-order valence-corrected chi connectivity index (χ2v) is 10.8. The van der Waals surface area contributed by atoms with Crippen LogP contribution in [0.4, 0.5) is 0 Å². The molecule has 0 fully saturated rings. The van der Waals surface area contributed by atoms with E-state index in [1.54, 1.807) is 0 Å². The van der Waals surface area contributed by atoms with Gasteiger partial charge in [0.25, 0.3) is 0 Å². The van der Waals surface area contributed by atoms with Crippen molar-refractivity contribution in [2.24, 2.45) is 0 Å². The zero-order chi connectivity index (χ0) is 36.3. The summed E-state index contributed by atoms with van der Waals surface area (Å²) >= 11 is 8.03. The second kappa shape index (κ2) is 22.2. The van der Waals surface area contributed by atoms with Crippen molar-refractivity contribution in [3.63, 3.8) is 0 Å². The lowest BCUT2D eigenvalue weighted by atomic mass is 10.1. The lowest BCUT2D eigenvalue weighted by molar-refractivity contribution is -0.139. The molecular formula is C26H40N6O13S2. The molecule has 0 aliphatic carbocycles. The largest absolute Gasteiger partial charge is 0.481 e. The molecule has 264 valence electrons. The van der Waals surface area contributed by atoms with Crippen molar-refractivity contribution in [1.29, 1.82) is 0 Å². The van der Waals surface area contributed by atoms with Gasteiger partial charge in [0.05, 0.1) is 6.54 Å². The SMILES string of the molecule is CC(=O)CNC(=O)[C@H](CCC(=O)O)NC(=O)[C@H](CS)NC(=O)[C@H](CCC(=O)O)NC(=O)[C@H](CS)NC(=O)[C@H](CCC(=O)O)NC(C)=O. The number of aliphatic carboxylic acids is 3. The van der Waals surface area contributed by atoms with Crippen LogP contribution in [0.2, 0.25) is 0 Å². The van der Waals surface area contributed by atoms with Crippen LogP contribution in [0.1, 0.15) is 52.4 Å². The molecular weight excluding hydrogens is 668 g/mol. The molecule has 0 aliphatic rings. The molecule has 0 heterocycles. The van der Waals surface area contributed by atoms with Crippen LogP contribution in [-0.4, -0.2) is 123 Å². The molecule has 0 aromatic rings. The highest BCUT2D eigenvalue weighted by atomic mass is 32.1. The van der Waals surface area contributed by atoms with Gasteiger partial charge in [0, 0.05) is 37.7 Å². The van der Waals surface area contributed by atoms with E-state index in [0.717, 1.165) is 6.92 Å². The van der Waals surface area contributed by atoms with Gasteiger partial charge in [0.2, 0.25) is 35.4 Å². The lowest BCUT2D eigenvalue weighted by Gasteiger charge is -2.26. The van der Waals surface area contributed by atoms with Crippen LogP contribution in [0.15, 0.2) is 0 Å². The number of ketones is 1. The fourth-order valence-electron chi connectivity index (χ4n) is 3.67. The topological polar surface area (TPSA) is 304 Å². The summed E-state index contributed by atoms with van der Waals surface area (Å²) in [6.07, 6.45) is -2.81. The molecule has 0 bridgehead atoms. The summed E-state index contributed by atoms with van der Waals surface area (Å²) in [4.78, 5) is 120. The lowest BCUT2D eigenvalue weighted by Crippen LogP contribution is -2.60. The third-order valence-electron chi connectivity index (χ3n) is 6.04. The van der Waals surface area contributed by atoms with Crippen molar-refractivity contribution >= 4 is 84.4 Å². The molecule has 0 radical (unpaired) electrons. The predicted molar refractivity (Wildman–Crippen MR) is 167 cm³/mol. The molecule has 9 N–H and O–H groups in total. The van der Waals surface area contributed by atoms with Gasteiger partial charge >= 0.3 is 17.9 Å². The standard InChI is InChI=1S/C26H40N6O13S2/c1-12(33)9-27-22(41)14(3-6-19(35)36)29-25(44)17(10-46)32-24(43)16(5-8-21(39)40)30-26(45)18(11-47)31-23(42)15(28-13(2)34)4-7-20(37)38/h14-18,46-47H,3-11H2,1-2H3,(H,27,41)(H,28,34)(H,29,44)(H,30,45)(H,31,42)(H,32,43)(H,35,36)(H,37,38)(H,39,40)/t14-,15-,16-,17-,18-/m0/s1. The number of carboxylic acids is 3.